The van der Waals surface area contributed by atoms with Crippen molar-refractivity contribution in [2.45, 2.75) is 5.51 Å². The van der Waals surface area contributed by atoms with Crippen LogP contribution in [0, 0.1) is 0 Å². The van der Waals surface area contributed by atoms with Gasteiger partial charge in [-0.3, -0.25) is 0 Å². The average Bonchev–Trinajstić information content (AvgIpc) is 1.46. The molecule has 0 saturated heterocycles. The highest BCUT2D eigenvalue weighted by Crippen LogP contribution is 2.48. The number of fused-ring (bicyclic) bond motifs is 10. The van der Waals surface area contributed by atoms with Crippen molar-refractivity contribution in [1.82, 2.24) is 0 Å². The molecule has 0 fully saturated rings. The van der Waals surface area contributed by atoms with Gasteiger partial charge < -0.3 is 23.1 Å². The lowest BCUT2D eigenvalue weighted by atomic mass is 9.72. The molecule has 0 radical (unpaired) electrons. The summed E-state index contributed by atoms with van der Waals surface area (Å²) in [5, 5.41) is 26.8. The zero-order valence-electron chi connectivity index (χ0n) is 65.7. The Kier molecular flexibility index (Phi) is 9.82. The molecule has 2 aromatic heterocycles. The molecule has 7 nitrogen and oxygen atoms in total. The molecule has 0 unspecified atom stereocenters. The maximum Gasteiger partial charge on any atom is 0.534 e. The highest BCUT2D eigenvalue weighted by molar-refractivity contribution is 7.88. The van der Waals surface area contributed by atoms with Gasteiger partial charge in [-0.1, -0.05) is 273 Å². The van der Waals surface area contributed by atoms with Crippen LogP contribution in [0.3, 0.4) is 0 Å². The van der Waals surface area contributed by atoms with E-state index in [1.54, 1.807) is 60.7 Å². The van der Waals surface area contributed by atoms with Crippen molar-refractivity contribution < 1.29 is 72.1 Å². The predicted molar refractivity (Wildman–Crippen MR) is 357 cm³/mol. The average molecular weight is 1210 g/mol. The van der Waals surface area contributed by atoms with Gasteiger partial charge in [-0.25, -0.2) is 0 Å². The van der Waals surface area contributed by atoms with Crippen LogP contribution in [-0.2, 0) is 10.1 Å². The molecule has 2 N–H and O–H groups in total. The summed E-state index contributed by atoms with van der Waals surface area (Å²) >= 11 is 0. The summed E-state index contributed by atoms with van der Waals surface area (Å²) in [5.41, 5.74) is -1.19. The van der Waals surface area contributed by atoms with E-state index in [1.807, 2.05) is 72.8 Å². The number of halogens is 3. The Hall–Kier alpha value is -10.8. The minimum Gasteiger partial charge on any atom is -0.455 e. The van der Waals surface area contributed by atoms with E-state index in [0.29, 0.717) is 71.0 Å². The molecule has 0 amide bonds. The van der Waals surface area contributed by atoms with Crippen molar-refractivity contribution in [3.8, 4) is 61.4 Å². The quantitative estimate of drug-likeness (QED) is 0.0675. The summed E-state index contributed by atoms with van der Waals surface area (Å²) in [7, 11) is -7.67. The molecule has 0 spiro atoms. The molecule has 0 aliphatic carbocycles. The van der Waals surface area contributed by atoms with E-state index >= 15 is 0 Å². The Morgan fingerprint density at radius 1 is 0.371 bits per heavy atom. The van der Waals surface area contributed by atoms with Crippen LogP contribution in [0.4, 0.5) is 13.2 Å². The highest BCUT2D eigenvalue weighted by atomic mass is 32.2. The summed E-state index contributed by atoms with van der Waals surface area (Å²) in [6, 6.07) is 39.8. The Balaban J connectivity index is 0.000000144. The normalized spacial score (nSPS) is 14.9. The second-order valence-corrected chi connectivity index (χ2v) is 21.5. The number of benzene rings is 14. The number of hydrogen-bond donors (Lipinski definition) is 2. The molecule has 430 valence electrons. The summed E-state index contributed by atoms with van der Waals surface area (Å²) in [5.74, 6) is -0.628. The van der Waals surface area contributed by atoms with Crippen molar-refractivity contribution in [2.24, 2.45) is 0 Å². The number of rotatable bonds is 8. The second kappa shape index (κ2) is 23.2. The maximum atomic E-state index is 12.8. The van der Waals surface area contributed by atoms with Gasteiger partial charge in [0.25, 0.3) is 0 Å². The molecule has 16 aromatic rings. The molecular weight excluding hydrogens is 1140 g/mol. The van der Waals surface area contributed by atoms with Gasteiger partial charge in [0.15, 0.2) is 5.75 Å². The van der Waals surface area contributed by atoms with Crippen molar-refractivity contribution in [3.63, 3.8) is 0 Å². The zero-order valence-corrected chi connectivity index (χ0v) is 46.5. The van der Waals surface area contributed by atoms with Gasteiger partial charge in [0.1, 0.15) is 22.3 Å². The number of alkyl halides is 3. The van der Waals surface area contributed by atoms with Gasteiger partial charge in [-0.15, -0.1) is 0 Å². The van der Waals surface area contributed by atoms with Crippen LogP contribution in [0.25, 0.3) is 143 Å². The summed E-state index contributed by atoms with van der Waals surface area (Å²) < 4.78 is 243. The first kappa shape index (κ1) is 37.7. The van der Waals surface area contributed by atoms with E-state index in [1.165, 1.54) is 30.3 Å². The van der Waals surface area contributed by atoms with Crippen molar-refractivity contribution >= 4 is 110 Å². The first-order valence-corrected chi connectivity index (χ1v) is 28.5. The van der Waals surface area contributed by atoms with Gasteiger partial charge in [0.05, 0.1) is 32.8 Å². The first-order chi connectivity index (χ1) is 51.7. The number of furan rings is 2. The van der Waals surface area contributed by atoms with Gasteiger partial charge in [-0.05, 0) is 111 Å². The molecule has 14 aromatic carbocycles. The first-order valence-electron chi connectivity index (χ1n) is 37.1. The van der Waals surface area contributed by atoms with Crippen molar-refractivity contribution in [3.05, 3.63) is 291 Å². The summed E-state index contributed by atoms with van der Waals surface area (Å²) in [4.78, 5) is 0. The fourth-order valence-corrected chi connectivity index (χ4v) is 11.9. The minimum atomic E-state index is -5.95. The van der Waals surface area contributed by atoms with Crippen LogP contribution in [0.1, 0.15) is 27.4 Å². The van der Waals surface area contributed by atoms with E-state index in [-0.39, 0.29) is 86.0 Å². The van der Waals surface area contributed by atoms with Crippen LogP contribution in [0.5, 0.6) is 5.75 Å². The third kappa shape index (κ3) is 10.2. The van der Waals surface area contributed by atoms with Crippen molar-refractivity contribution in [1.29, 1.82) is 0 Å². The SMILES string of the molecule is [2H]c1c([2H])c([2H])c(-c2c3ccccc3c(-c3cccc4oc5c(-c6c([2H])c([2H])c([2H])c([2H])c6[2H])cccc5c34)c3ccccc23)c([2H])c1[2H].[2H]c1c([2H])c([2H])c(-c2c3ccccc3c(B(O)O)c3ccccc23)c([2H])c1[2H].[2H]c1c([2H])c([2H])c(-c2cccc3c2oc2cccc(OS(=O)(=O)C(F)(F)F)c23)c([2H])c1[2H]. The Labute approximate surface area is 537 Å². The van der Waals surface area contributed by atoms with E-state index in [2.05, 4.69) is 4.18 Å². The Morgan fingerprint density at radius 2 is 0.697 bits per heavy atom. The zero-order chi connectivity index (χ0) is 78.2. The molecule has 0 aliphatic rings. The van der Waals surface area contributed by atoms with Crippen molar-refractivity contribution in [2.75, 3.05) is 0 Å². The second-order valence-electron chi connectivity index (χ2n) is 20.0. The molecule has 16 rings (SSSR count). The minimum absolute atomic E-state index is 0.0125. The molecular formula is C77H50BF3O7S. The molecule has 0 atom stereocenters. The van der Waals surface area contributed by atoms with Crippen LogP contribution in [0.15, 0.2) is 300 Å². The standard InChI is InChI=1S/C38H24O.C20H15BO2.C19H11F3O4S/c1-3-13-25(14-4-1)27-21-11-23-33-37-32(22-12-24-34(37)39-38(27)33)36-30-19-9-7-17-28(30)35(26-15-5-2-6-16-26)29-18-8-10-20-31(29)36;22-21(23)20-17-12-6-4-10-15(17)19(14-8-2-1-3-9-14)16-11-5-7-13-18(16)20;20-19(21,22)27(23,24)26-16-11-5-10-15-17(16)14-9-4-8-13(18(14)25-15)12-6-2-1-3-7-12/h1-24H;1-13,22-23H;1-11H/i1D,2D,3D,4D,5D,6D,13D,14D,15D,16D;1D,2D,3D,8D,9D;1D,2D,3D,6D,7D. The van der Waals surface area contributed by atoms with Gasteiger partial charge in [0.2, 0.25) is 0 Å². The van der Waals surface area contributed by atoms with Crippen LogP contribution in [0.2, 0.25) is 0 Å². The molecule has 89 heavy (non-hydrogen) atoms. The lowest BCUT2D eigenvalue weighted by Gasteiger charge is -2.18. The third-order valence-electron chi connectivity index (χ3n) is 15.0. The van der Waals surface area contributed by atoms with Gasteiger partial charge in [0, 0.05) is 27.3 Å². The topological polar surface area (TPSA) is 110 Å². The van der Waals surface area contributed by atoms with E-state index in [9.17, 15) is 31.6 Å². The monoisotopic (exact) mass is 1210 g/mol. The molecule has 12 heteroatoms. The fourth-order valence-electron chi connectivity index (χ4n) is 11.4. The number of para-hydroxylation sites is 2. The number of hydrogen-bond acceptors (Lipinski definition) is 7. The predicted octanol–water partition coefficient (Wildman–Crippen LogP) is 19.7. The van der Waals surface area contributed by atoms with Gasteiger partial charge in [-0.2, -0.15) is 21.6 Å². The highest BCUT2D eigenvalue weighted by Gasteiger charge is 2.49. The summed E-state index contributed by atoms with van der Waals surface area (Å²) in [6.07, 6.45) is 0. The summed E-state index contributed by atoms with van der Waals surface area (Å²) in [6.45, 7) is 0. The molecule has 2 heterocycles. The largest absolute Gasteiger partial charge is 0.534 e. The molecule has 0 aliphatic heterocycles. The van der Waals surface area contributed by atoms with E-state index in [0.717, 1.165) is 33.4 Å². The Bertz CT molecular complexity index is 6510. The van der Waals surface area contributed by atoms with E-state index < -0.39 is 113 Å². The fraction of sp³-hybridized carbons (Fsp3) is 0.0130. The van der Waals surface area contributed by atoms with Crippen LogP contribution in [-0.4, -0.2) is 31.1 Å². The van der Waals surface area contributed by atoms with Crippen LogP contribution >= 0.6 is 0 Å². The maximum absolute atomic E-state index is 12.8. The molecule has 0 saturated carbocycles. The lowest BCUT2D eigenvalue weighted by Crippen LogP contribution is -2.31. The smallest absolute Gasteiger partial charge is 0.455 e. The van der Waals surface area contributed by atoms with Gasteiger partial charge >= 0.3 is 22.7 Å². The Morgan fingerprint density at radius 3 is 1.11 bits per heavy atom. The van der Waals surface area contributed by atoms with Crippen LogP contribution < -0.4 is 9.65 Å². The third-order valence-corrected chi connectivity index (χ3v) is 15.9. The molecule has 0 bridgehead atoms. The van der Waals surface area contributed by atoms with E-state index in [4.69, 9.17) is 36.2 Å². The lowest BCUT2D eigenvalue weighted by molar-refractivity contribution is -0.0499.